The van der Waals surface area contributed by atoms with Crippen LogP contribution in [0.1, 0.15) is 23.1 Å². The Kier molecular flexibility index (Phi) is 6.84. The fourth-order valence-corrected chi connectivity index (χ4v) is 4.04. The van der Waals surface area contributed by atoms with Gasteiger partial charge in [0.25, 0.3) is 0 Å². The number of aromatic nitrogens is 1. The SMILES string of the molecule is CCN(Cc1sc(-c2ccc(C(F)(F)F)cc2)nc1C)c1ccc(OCC(=O)O)cc1. The van der Waals surface area contributed by atoms with Crippen molar-refractivity contribution in [3.8, 4) is 16.3 Å². The molecule has 0 unspecified atom stereocenters. The van der Waals surface area contributed by atoms with Crippen molar-refractivity contribution in [2.24, 2.45) is 0 Å². The number of aryl methyl sites for hydroxylation is 1. The summed E-state index contributed by atoms with van der Waals surface area (Å²) in [7, 11) is 0. The molecule has 164 valence electrons. The molecule has 2 aromatic carbocycles. The van der Waals surface area contributed by atoms with Crippen molar-refractivity contribution < 1.29 is 27.8 Å². The molecular formula is C22H21F3N2O3S. The molecule has 0 aliphatic carbocycles. The van der Waals surface area contributed by atoms with Crippen LogP contribution in [0.5, 0.6) is 5.75 Å². The van der Waals surface area contributed by atoms with E-state index in [1.54, 1.807) is 12.1 Å². The Hall–Kier alpha value is -3.07. The van der Waals surface area contributed by atoms with Gasteiger partial charge in [0.1, 0.15) is 10.8 Å². The molecule has 3 rings (SSSR count). The van der Waals surface area contributed by atoms with Gasteiger partial charge in [-0.15, -0.1) is 11.3 Å². The number of halogens is 3. The van der Waals surface area contributed by atoms with Crippen molar-refractivity contribution in [2.45, 2.75) is 26.6 Å². The number of hydrogen-bond acceptors (Lipinski definition) is 5. The van der Waals surface area contributed by atoms with Crippen LogP contribution in [0, 0.1) is 6.92 Å². The molecule has 1 aromatic heterocycles. The number of carboxylic acids is 1. The van der Waals surface area contributed by atoms with E-state index in [-0.39, 0.29) is 0 Å². The smallest absolute Gasteiger partial charge is 0.416 e. The summed E-state index contributed by atoms with van der Waals surface area (Å²) >= 11 is 1.45. The van der Waals surface area contributed by atoms with E-state index in [4.69, 9.17) is 9.84 Å². The number of rotatable bonds is 8. The molecule has 3 aromatic rings. The van der Waals surface area contributed by atoms with Crippen molar-refractivity contribution >= 4 is 23.0 Å². The first-order valence-corrected chi connectivity index (χ1v) is 10.3. The number of hydrogen-bond donors (Lipinski definition) is 1. The molecule has 0 spiro atoms. The van der Waals surface area contributed by atoms with Gasteiger partial charge in [-0.1, -0.05) is 12.1 Å². The minimum atomic E-state index is -4.36. The summed E-state index contributed by atoms with van der Waals surface area (Å²) in [5, 5.41) is 9.37. The molecule has 31 heavy (non-hydrogen) atoms. The molecule has 0 saturated carbocycles. The molecule has 0 aliphatic heterocycles. The van der Waals surface area contributed by atoms with E-state index < -0.39 is 24.3 Å². The van der Waals surface area contributed by atoms with Crippen molar-refractivity contribution in [1.29, 1.82) is 0 Å². The largest absolute Gasteiger partial charge is 0.482 e. The summed E-state index contributed by atoms with van der Waals surface area (Å²) in [5.41, 5.74) is 1.74. The van der Waals surface area contributed by atoms with E-state index in [0.29, 0.717) is 22.9 Å². The normalized spacial score (nSPS) is 11.4. The lowest BCUT2D eigenvalue weighted by molar-refractivity contribution is -0.139. The lowest BCUT2D eigenvalue weighted by atomic mass is 10.1. The van der Waals surface area contributed by atoms with Crippen molar-refractivity contribution in [3.05, 3.63) is 64.7 Å². The summed E-state index contributed by atoms with van der Waals surface area (Å²) in [5.74, 6) is -0.565. The molecule has 0 amide bonds. The first-order valence-electron chi connectivity index (χ1n) is 9.51. The van der Waals surface area contributed by atoms with Crippen molar-refractivity contribution in [3.63, 3.8) is 0 Å². The van der Waals surface area contributed by atoms with Crippen LogP contribution >= 0.6 is 11.3 Å². The van der Waals surface area contributed by atoms with E-state index in [9.17, 15) is 18.0 Å². The maximum Gasteiger partial charge on any atom is 0.416 e. The first kappa shape index (κ1) is 22.6. The number of carboxylic acid groups (broad SMARTS) is 1. The summed E-state index contributed by atoms with van der Waals surface area (Å²) in [6.45, 7) is 4.82. The molecule has 1 N–H and O–H groups in total. The van der Waals surface area contributed by atoms with Crippen LogP contribution in [-0.2, 0) is 17.5 Å². The molecule has 0 bridgehead atoms. The third-order valence-electron chi connectivity index (χ3n) is 4.63. The van der Waals surface area contributed by atoms with E-state index >= 15 is 0 Å². The first-order chi connectivity index (χ1) is 14.7. The summed E-state index contributed by atoms with van der Waals surface area (Å²) < 4.78 is 43.5. The number of anilines is 1. The highest BCUT2D eigenvalue weighted by molar-refractivity contribution is 7.15. The van der Waals surface area contributed by atoms with Crippen molar-refractivity contribution in [1.82, 2.24) is 4.98 Å². The van der Waals surface area contributed by atoms with E-state index in [0.717, 1.165) is 34.9 Å². The fraction of sp³-hybridized carbons (Fsp3) is 0.273. The predicted octanol–water partition coefficient (Wildman–Crippen LogP) is 5.63. The molecule has 0 radical (unpaired) electrons. The van der Waals surface area contributed by atoms with Crippen LogP contribution in [0.25, 0.3) is 10.6 Å². The highest BCUT2D eigenvalue weighted by atomic mass is 32.1. The average molecular weight is 450 g/mol. The third kappa shape index (κ3) is 5.75. The van der Waals surface area contributed by atoms with Crippen molar-refractivity contribution in [2.75, 3.05) is 18.1 Å². The number of carbonyl (C=O) groups is 1. The summed E-state index contributed by atoms with van der Waals surface area (Å²) in [4.78, 5) is 18.3. The van der Waals surface area contributed by atoms with Gasteiger partial charge in [0.2, 0.25) is 0 Å². The number of ether oxygens (including phenoxy) is 1. The fourth-order valence-electron chi connectivity index (χ4n) is 2.96. The molecule has 1 heterocycles. The Morgan fingerprint density at radius 2 is 1.77 bits per heavy atom. The second-order valence-electron chi connectivity index (χ2n) is 6.79. The number of aliphatic carboxylic acids is 1. The van der Waals surface area contributed by atoms with Crippen LogP contribution in [-0.4, -0.2) is 29.2 Å². The zero-order chi connectivity index (χ0) is 22.6. The van der Waals surface area contributed by atoms with Gasteiger partial charge in [-0.25, -0.2) is 9.78 Å². The number of benzene rings is 2. The van der Waals surface area contributed by atoms with Crippen LogP contribution in [0.15, 0.2) is 48.5 Å². The summed E-state index contributed by atoms with van der Waals surface area (Å²) in [6, 6.07) is 12.2. The molecule has 0 aliphatic rings. The molecule has 0 fully saturated rings. The highest BCUT2D eigenvalue weighted by Crippen LogP contribution is 2.34. The second kappa shape index (κ2) is 9.38. The lowest BCUT2D eigenvalue weighted by Crippen LogP contribution is -2.21. The second-order valence-corrected chi connectivity index (χ2v) is 7.88. The van der Waals surface area contributed by atoms with Crippen LogP contribution in [0.2, 0.25) is 0 Å². The highest BCUT2D eigenvalue weighted by Gasteiger charge is 2.30. The Morgan fingerprint density at radius 3 is 2.32 bits per heavy atom. The number of nitrogens with zero attached hydrogens (tertiary/aromatic N) is 2. The zero-order valence-electron chi connectivity index (χ0n) is 16.9. The van der Waals surface area contributed by atoms with Gasteiger partial charge in [-0.2, -0.15) is 13.2 Å². The minimum absolute atomic E-state index is 0.399. The average Bonchev–Trinajstić information content (AvgIpc) is 3.10. The Morgan fingerprint density at radius 1 is 1.13 bits per heavy atom. The Balaban J connectivity index is 1.74. The van der Waals surface area contributed by atoms with Gasteiger partial charge in [0, 0.05) is 22.7 Å². The molecule has 5 nitrogen and oxygen atoms in total. The van der Waals surface area contributed by atoms with Gasteiger partial charge in [-0.05, 0) is 50.2 Å². The molecular weight excluding hydrogens is 429 g/mol. The third-order valence-corrected chi connectivity index (χ3v) is 5.82. The van der Waals surface area contributed by atoms with Gasteiger partial charge in [0.15, 0.2) is 6.61 Å². The standard InChI is InChI=1S/C22H21F3N2O3S/c1-3-27(17-8-10-18(11-9-17)30-13-20(28)29)12-19-14(2)26-21(31-19)15-4-6-16(7-5-15)22(23,24)25/h4-11H,3,12-13H2,1-2H3,(H,28,29). The Labute approximate surface area is 181 Å². The van der Waals surface area contributed by atoms with Gasteiger partial charge < -0.3 is 14.7 Å². The van der Waals surface area contributed by atoms with Crippen LogP contribution in [0.4, 0.5) is 18.9 Å². The topological polar surface area (TPSA) is 62.7 Å². The Bertz CT molecular complexity index is 1030. The van der Waals surface area contributed by atoms with E-state index in [1.165, 1.54) is 23.5 Å². The minimum Gasteiger partial charge on any atom is -0.482 e. The zero-order valence-corrected chi connectivity index (χ0v) is 17.8. The molecule has 0 atom stereocenters. The maximum absolute atomic E-state index is 12.8. The summed E-state index contributed by atoms with van der Waals surface area (Å²) in [6.07, 6.45) is -4.36. The molecule has 0 saturated heterocycles. The number of alkyl halides is 3. The van der Waals surface area contributed by atoms with Gasteiger partial charge in [0.05, 0.1) is 17.8 Å². The van der Waals surface area contributed by atoms with Crippen LogP contribution in [0.3, 0.4) is 0 Å². The maximum atomic E-state index is 12.8. The van der Waals surface area contributed by atoms with Gasteiger partial charge >= 0.3 is 12.1 Å². The van der Waals surface area contributed by atoms with E-state index in [2.05, 4.69) is 9.88 Å². The quantitative estimate of drug-likeness (QED) is 0.482. The van der Waals surface area contributed by atoms with E-state index in [1.807, 2.05) is 26.0 Å². The molecule has 9 heteroatoms. The van der Waals surface area contributed by atoms with Crippen LogP contribution < -0.4 is 9.64 Å². The predicted molar refractivity (Wildman–Crippen MR) is 114 cm³/mol. The monoisotopic (exact) mass is 450 g/mol. The van der Waals surface area contributed by atoms with Gasteiger partial charge in [-0.3, -0.25) is 0 Å². The lowest BCUT2D eigenvalue weighted by Gasteiger charge is -2.23. The number of thiazole rings is 1.